The number of amides is 1. The van der Waals surface area contributed by atoms with Gasteiger partial charge in [-0.05, 0) is 35.9 Å². The summed E-state index contributed by atoms with van der Waals surface area (Å²) in [5, 5.41) is 12.3. The molecule has 1 unspecified atom stereocenters. The van der Waals surface area contributed by atoms with E-state index < -0.39 is 17.9 Å². The molecular formula is C21H15ClN2O4. The number of carboxylic acid groups (broad SMARTS) is 1. The van der Waals surface area contributed by atoms with Gasteiger partial charge in [0, 0.05) is 39.7 Å². The average molecular weight is 395 g/mol. The predicted molar refractivity (Wildman–Crippen MR) is 103 cm³/mol. The first-order valence-corrected chi connectivity index (χ1v) is 8.90. The van der Waals surface area contributed by atoms with Crippen LogP contribution >= 0.6 is 11.6 Å². The number of aromatic nitrogens is 1. The number of fused-ring (bicyclic) bond motifs is 3. The van der Waals surface area contributed by atoms with Gasteiger partial charge in [0.25, 0.3) is 5.91 Å². The zero-order valence-electron chi connectivity index (χ0n) is 14.6. The smallest absolute Gasteiger partial charge is 0.330 e. The van der Waals surface area contributed by atoms with E-state index in [1.165, 1.54) is 0 Å². The van der Waals surface area contributed by atoms with Crippen LogP contribution in [0.5, 0.6) is 5.75 Å². The topological polar surface area (TPSA) is 88.5 Å². The first-order valence-electron chi connectivity index (χ1n) is 8.53. The normalized spacial score (nSPS) is 12.9. The van der Waals surface area contributed by atoms with Crippen LogP contribution in [0.3, 0.4) is 0 Å². The maximum absolute atomic E-state index is 12.7. The molecule has 140 valence electrons. The third-order valence-electron chi connectivity index (χ3n) is 4.56. The number of nitrogens with one attached hydrogen (secondary N) is 1. The molecule has 1 aliphatic heterocycles. The van der Waals surface area contributed by atoms with Crippen molar-refractivity contribution in [3.05, 3.63) is 82.6 Å². The molecule has 2 heterocycles. The highest BCUT2D eigenvalue weighted by Gasteiger charge is 2.26. The van der Waals surface area contributed by atoms with Crippen LogP contribution in [0.1, 0.15) is 27.5 Å². The molecule has 1 aliphatic rings. The maximum Gasteiger partial charge on any atom is 0.330 e. The lowest BCUT2D eigenvalue weighted by Crippen LogP contribution is -2.34. The second-order valence-corrected chi connectivity index (χ2v) is 6.71. The number of nitrogens with zero attached hydrogens (tertiary/aromatic N) is 1. The second-order valence-electron chi connectivity index (χ2n) is 6.30. The van der Waals surface area contributed by atoms with Crippen LogP contribution in [0, 0.1) is 0 Å². The summed E-state index contributed by atoms with van der Waals surface area (Å²) in [6.45, 7) is 0.360. The molecule has 0 spiro atoms. The van der Waals surface area contributed by atoms with Gasteiger partial charge in [-0.15, -0.1) is 0 Å². The molecule has 0 bridgehead atoms. The van der Waals surface area contributed by atoms with E-state index in [2.05, 4.69) is 10.3 Å². The zero-order valence-corrected chi connectivity index (χ0v) is 15.3. The molecule has 0 saturated carbocycles. The van der Waals surface area contributed by atoms with E-state index in [1.54, 1.807) is 54.9 Å². The number of carboxylic acids is 1. The highest BCUT2D eigenvalue weighted by Crippen LogP contribution is 2.37. The van der Waals surface area contributed by atoms with Gasteiger partial charge >= 0.3 is 5.97 Å². The van der Waals surface area contributed by atoms with Crippen molar-refractivity contribution in [3.8, 4) is 16.9 Å². The van der Waals surface area contributed by atoms with Crippen molar-refractivity contribution in [1.82, 2.24) is 10.3 Å². The summed E-state index contributed by atoms with van der Waals surface area (Å²) in [6, 6.07) is 12.2. The Labute approximate surface area is 165 Å². The Hall–Kier alpha value is -3.38. The highest BCUT2D eigenvalue weighted by atomic mass is 35.5. The van der Waals surface area contributed by atoms with Crippen LogP contribution in [-0.4, -0.2) is 22.0 Å². The number of halogens is 1. The number of pyridine rings is 1. The molecule has 0 saturated heterocycles. The van der Waals surface area contributed by atoms with Gasteiger partial charge in [-0.1, -0.05) is 29.8 Å². The molecular weight excluding hydrogens is 380 g/mol. The monoisotopic (exact) mass is 394 g/mol. The van der Waals surface area contributed by atoms with Crippen molar-refractivity contribution >= 4 is 23.5 Å². The fraction of sp³-hybridized carbons (Fsp3) is 0.0952. The summed E-state index contributed by atoms with van der Waals surface area (Å²) >= 11 is 6.10. The number of rotatable bonds is 4. The second kappa shape index (κ2) is 7.32. The quantitative estimate of drug-likeness (QED) is 0.701. The maximum atomic E-state index is 12.7. The van der Waals surface area contributed by atoms with E-state index in [0.717, 1.165) is 16.7 Å². The summed E-state index contributed by atoms with van der Waals surface area (Å²) in [4.78, 5) is 28.5. The van der Waals surface area contributed by atoms with Crippen molar-refractivity contribution in [2.24, 2.45) is 0 Å². The van der Waals surface area contributed by atoms with E-state index in [9.17, 15) is 14.7 Å². The van der Waals surface area contributed by atoms with E-state index in [0.29, 0.717) is 23.5 Å². The molecule has 0 aliphatic carbocycles. The Balaban J connectivity index is 1.62. The van der Waals surface area contributed by atoms with Gasteiger partial charge in [0.1, 0.15) is 12.4 Å². The molecule has 2 N–H and O–H groups in total. The summed E-state index contributed by atoms with van der Waals surface area (Å²) < 4.78 is 5.74. The standard InChI is InChI=1S/C21H15ClN2O4/c22-17-4-2-1-3-16(17)19(21(26)27)24-20(25)12-5-6-15-14-7-8-23-10-13(14)11-28-18(15)9-12/h1-10,19H,11H2,(H,24,25)(H,26,27). The van der Waals surface area contributed by atoms with Crippen molar-refractivity contribution in [3.63, 3.8) is 0 Å². The van der Waals surface area contributed by atoms with Crippen LogP contribution in [0.4, 0.5) is 0 Å². The molecule has 28 heavy (non-hydrogen) atoms. The van der Waals surface area contributed by atoms with Gasteiger partial charge in [-0.25, -0.2) is 4.79 Å². The molecule has 1 atom stereocenters. The van der Waals surface area contributed by atoms with Gasteiger partial charge in [0.2, 0.25) is 0 Å². The van der Waals surface area contributed by atoms with Crippen molar-refractivity contribution < 1.29 is 19.4 Å². The zero-order chi connectivity index (χ0) is 19.7. The Kier molecular flexibility index (Phi) is 4.71. The molecule has 4 rings (SSSR count). The van der Waals surface area contributed by atoms with Crippen molar-refractivity contribution in [1.29, 1.82) is 0 Å². The Morgan fingerprint density at radius 1 is 1.14 bits per heavy atom. The molecule has 7 heteroatoms. The van der Waals surface area contributed by atoms with Crippen LogP contribution in [0.15, 0.2) is 60.9 Å². The summed E-state index contributed by atoms with van der Waals surface area (Å²) in [7, 11) is 0. The fourth-order valence-corrected chi connectivity index (χ4v) is 3.41. The Morgan fingerprint density at radius 3 is 2.75 bits per heavy atom. The number of carbonyl (C=O) groups excluding carboxylic acids is 1. The van der Waals surface area contributed by atoms with E-state index in [-0.39, 0.29) is 5.02 Å². The summed E-state index contributed by atoms with van der Waals surface area (Å²) in [5.41, 5.74) is 3.45. The van der Waals surface area contributed by atoms with Crippen LogP contribution in [-0.2, 0) is 11.4 Å². The number of carbonyl (C=O) groups is 2. The van der Waals surface area contributed by atoms with Gasteiger partial charge in [0.05, 0.1) is 0 Å². The summed E-state index contributed by atoms with van der Waals surface area (Å²) in [6.07, 6.45) is 3.45. The predicted octanol–water partition coefficient (Wildman–Crippen LogP) is 3.85. The minimum atomic E-state index is -1.26. The average Bonchev–Trinajstić information content (AvgIpc) is 2.71. The third-order valence-corrected chi connectivity index (χ3v) is 4.90. The number of aliphatic carboxylic acids is 1. The molecule has 1 amide bonds. The first kappa shape index (κ1) is 18.0. The van der Waals surface area contributed by atoms with Crippen LogP contribution in [0.2, 0.25) is 5.02 Å². The van der Waals surface area contributed by atoms with Gasteiger partial charge in [-0.2, -0.15) is 0 Å². The Bertz CT molecular complexity index is 1080. The van der Waals surface area contributed by atoms with E-state index in [4.69, 9.17) is 16.3 Å². The molecule has 3 aromatic rings. The number of hydrogen-bond acceptors (Lipinski definition) is 4. The molecule has 0 fully saturated rings. The lowest BCUT2D eigenvalue weighted by molar-refractivity contribution is -0.139. The Morgan fingerprint density at radius 2 is 1.96 bits per heavy atom. The lowest BCUT2D eigenvalue weighted by atomic mass is 9.97. The fourth-order valence-electron chi connectivity index (χ4n) is 3.16. The lowest BCUT2D eigenvalue weighted by Gasteiger charge is -2.21. The molecule has 0 radical (unpaired) electrons. The van der Waals surface area contributed by atoms with E-state index in [1.807, 2.05) is 6.07 Å². The van der Waals surface area contributed by atoms with Crippen LogP contribution < -0.4 is 10.1 Å². The molecule has 1 aromatic heterocycles. The highest BCUT2D eigenvalue weighted by molar-refractivity contribution is 6.31. The van der Waals surface area contributed by atoms with E-state index >= 15 is 0 Å². The number of hydrogen-bond donors (Lipinski definition) is 2. The van der Waals surface area contributed by atoms with Gasteiger partial charge < -0.3 is 15.2 Å². The minimum Gasteiger partial charge on any atom is -0.488 e. The van der Waals surface area contributed by atoms with Crippen LogP contribution in [0.25, 0.3) is 11.1 Å². The molecule has 2 aromatic carbocycles. The van der Waals surface area contributed by atoms with Gasteiger partial charge in [0.15, 0.2) is 6.04 Å². The largest absolute Gasteiger partial charge is 0.488 e. The number of benzene rings is 2. The summed E-state index contributed by atoms with van der Waals surface area (Å²) in [5.74, 6) is -1.16. The minimum absolute atomic E-state index is 0.272. The van der Waals surface area contributed by atoms with Crippen molar-refractivity contribution in [2.45, 2.75) is 12.6 Å². The SMILES string of the molecule is O=C(NC(C(=O)O)c1ccccc1Cl)c1ccc2c(c1)OCc1cnccc1-2. The molecule has 6 nitrogen and oxygen atoms in total. The van der Waals surface area contributed by atoms with Crippen molar-refractivity contribution in [2.75, 3.05) is 0 Å². The number of ether oxygens (including phenoxy) is 1. The first-order chi connectivity index (χ1) is 13.5. The van der Waals surface area contributed by atoms with Gasteiger partial charge in [-0.3, -0.25) is 9.78 Å². The third kappa shape index (κ3) is 3.30.